The van der Waals surface area contributed by atoms with Crippen LogP contribution < -0.4 is 36.9 Å². The van der Waals surface area contributed by atoms with E-state index in [1.807, 2.05) is 0 Å². The second kappa shape index (κ2) is 14.2. The largest absolute Gasteiger partial charge is 0.487 e. The summed E-state index contributed by atoms with van der Waals surface area (Å²) in [6.45, 7) is 4.53. The van der Waals surface area contributed by atoms with Gasteiger partial charge in [-0.1, -0.05) is 11.6 Å². The van der Waals surface area contributed by atoms with Gasteiger partial charge in [-0.15, -0.1) is 0 Å². The minimum Gasteiger partial charge on any atom is -0.487 e. The minimum absolute atomic E-state index is 0.0422. The van der Waals surface area contributed by atoms with Crippen LogP contribution in [-0.2, 0) is 16.1 Å². The van der Waals surface area contributed by atoms with Crippen molar-refractivity contribution in [2.75, 3.05) is 22.6 Å². The highest BCUT2D eigenvalue weighted by atomic mass is 35.5. The maximum Gasteiger partial charge on any atom is 0.341 e. The van der Waals surface area contributed by atoms with Gasteiger partial charge in [-0.3, -0.25) is 15.0 Å². The highest BCUT2D eigenvalue weighted by Gasteiger charge is 2.20. The van der Waals surface area contributed by atoms with Gasteiger partial charge >= 0.3 is 5.97 Å². The fourth-order valence-electron chi connectivity index (χ4n) is 3.74. The summed E-state index contributed by atoms with van der Waals surface area (Å²) < 4.78 is 11.5. The smallest absolute Gasteiger partial charge is 0.341 e. The highest BCUT2D eigenvalue weighted by Crippen LogP contribution is 2.37. The van der Waals surface area contributed by atoms with Crippen molar-refractivity contribution < 1.29 is 29.0 Å². The minimum atomic E-state index is -1.19. The third kappa shape index (κ3) is 8.85. The summed E-state index contributed by atoms with van der Waals surface area (Å²) in [5, 5.41) is 25.8. The average Bonchev–Trinajstić information content (AvgIpc) is 2.91. The Balaban J connectivity index is 1.96. The van der Waals surface area contributed by atoms with Crippen LogP contribution in [0.25, 0.3) is 0 Å². The number of carboxylic acid groups (broad SMARTS) is 1. The maximum absolute atomic E-state index is 13.2. The van der Waals surface area contributed by atoms with Gasteiger partial charge in [-0.2, -0.15) is 0 Å². The molecule has 9 N–H and O–H groups in total. The van der Waals surface area contributed by atoms with Crippen molar-refractivity contribution in [3.05, 3.63) is 76.3 Å². The van der Waals surface area contributed by atoms with Crippen LogP contribution in [-0.4, -0.2) is 47.5 Å². The van der Waals surface area contributed by atoms with Gasteiger partial charge < -0.3 is 42.0 Å². The molecule has 0 aliphatic rings. The highest BCUT2D eigenvalue weighted by molar-refractivity contribution is 6.31. The molecule has 0 saturated heterocycles. The molecule has 13 heteroatoms. The molecule has 0 radical (unpaired) electrons. The number of nitrogen functional groups attached to an aromatic ring is 1. The van der Waals surface area contributed by atoms with Crippen LogP contribution in [0.3, 0.4) is 0 Å². The van der Waals surface area contributed by atoms with E-state index in [2.05, 4.69) is 16.0 Å². The predicted molar refractivity (Wildman–Crippen MR) is 162 cm³/mol. The zero-order valence-corrected chi connectivity index (χ0v) is 24.0. The third-order valence-electron chi connectivity index (χ3n) is 5.66. The predicted octanol–water partition coefficient (Wildman–Crippen LogP) is 4.02. The standard InChI is InChI=1S/C29H33ClN6O6/c1-15(2)42-24-12-21(36-28(39)16(3)31)10-18(26(24)41-14-25(37)38)13-34-23-9-6-19(30)11-22(23)29(40)35-20-7-4-17(5-8-20)27(32)33/h4-12,15-16,34H,13-14,31H2,1-3H3,(H3,32,33)(H,35,40)(H,36,39)(H,37,38)/t16-/m1/s1. The first-order valence-corrected chi connectivity index (χ1v) is 13.3. The van der Waals surface area contributed by atoms with Crippen LogP contribution in [0, 0.1) is 5.41 Å². The number of carbonyl (C=O) groups is 3. The first kappa shape index (κ1) is 31.7. The Labute approximate surface area is 247 Å². The Hall–Kier alpha value is -4.81. The molecule has 3 aromatic carbocycles. The summed E-state index contributed by atoms with van der Waals surface area (Å²) >= 11 is 6.21. The van der Waals surface area contributed by atoms with E-state index in [-0.39, 0.29) is 35.5 Å². The van der Waals surface area contributed by atoms with Crippen LogP contribution >= 0.6 is 11.6 Å². The lowest BCUT2D eigenvalue weighted by Gasteiger charge is -2.21. The summed E-state index contributed by atoms with van der Waals surface area (Å²) in [5.74, 6) is -1.80. The van der Waals surface area contributed by atoms with Crippen LogP contribution in [0.15, 0.2) is 54.6 Å². The summed E-state index contributed by atoms with van der Waals surface area (Å²) in [6, 6.07) is 13.5. The molecular weight excluding hydrogens is 564 g/mol. The Morgan fingerprint density at radius 3 is 2.29 bits per heavy atom. The van der Waals surface area contributed by atoms with Crippen molar-refractivity contribution in [3.63, 3.8) is 0 Å². The van der Waals surface area contributed by atoms with E-state index in [1.54, 1.807) is 63.2 Å². The first-order valence-electron chi connectivity index (χ1n) is 12.9. The number of anilines is 3. The molecule has 2 amide bonds. The van der Waals surface area contributed by atoms with Crippen LogP contribution in [0.4, 0.5) is 17.1 Å². The number of aliphatic carboxylic acids is 1. The Morgan fingerprint density at radius 2 is 1.69 bits per heavy atom. The van der Waals surface area contributed by atoms with E-state index in [4.69, 9.17) is 38.0 Å². The SMILES string of the molecule is CC(C)Oc1cc(NC(=O)[C@@H](C)N)cc(CNc2ccc(Cl)cc2C(=O)Nc2ccc(C(=N)N)cc2)c1OCC(=O)O. The molecule has 0 aromatic heterocycles. The van der Waals surface area contributed by atoms with Gasteiger partial charge in [0.05, 0.1) is 17.7 Å². The Morgan fingerprint density at radius 1 is 1.00 bits per heavy atom. The monoisotopic (exact) mass is 596 g/mol. The van der Waals surface area contributed by atoms with Gasteiger partial charge in [0, 0.05) is 45.8 Å². The second-order valence-corrected chi connectivity index (χ2v) is 10.0. The van der Waals surface area contributed by atoms with E-state index in [1.165, 1.54) is 12.1 Å². The molecule has 0 saturated carbocycles. The van der Waals surface area contributed by atoms with Crippen molar-refractivity contribution in [1.29, 1.82) is 5.41 Å². The zero-order chi connectivity index (χ0) is 31.0. The number of carboxylic acids is 1. The number of nitrogens with one attached hydrogen (secondary N) is 4. The van der Waals surface area contributed by atoms with Gasteiger partial charge in [-0.05, 0) is 69.3 Å². The van der Waals surface area contributed by atoms with Crippen molar-refractivity contribution >= 4 is 52.3 Å². The van der Waals surface area contributed by atoms with Crippen molar-refractivity contribution in [2.45, 2.75) is 39.5 Å². The van der Waals surface area contributed by atoms with Gasteiger partial charge in [-0.25, -0.2) is 4.79 Å². The maximum atomic E-state index is 13.2. The molecule has 3 rings (SSSR count). The molecule has 0 fully saturated rings. The summed E-state index contributed by atoms with van der Waals surface area (Å²) in [5.41, 5.74) is 13.6. The molecule has 12 nitrogen and oxygen atoms in total. The number of hydrogen-bond acceptors (Lipinski definition) is 8. The number of halogens is 1. The number of carbonyl (C=O) groups excluding carboxylic acids is 2. The Kier molecular flexibility index (Phi) is 10.7. The molecule has 0 aliphatic carbocycles. The number of rotatable bonds is 13. The fourth-order valence-corrected chi connectivity index (χ4v) is 3.91. The number of amides is 2. The van der Waals surface area contributed by atoms with E-state index in [0.717, 1.165) is 0 Å². The molecule has 3 aromatic rings. The van der Waals surface area contributed by atoms with Gasteiger partial charge in [0.25, 0.3) is 5.91 Å². The zero-order valence-electron chi connectivity index (χ0n) is 23.3. The van der Waals surface area contributed by atoms with Crippen LogP contribution in [0.1, 0.15) is 42.3 Å². The van der Waals surface area contributed by atoms with E-state index in [0.29, 0.717) is 33.2 Å². The lowest BCUT2D eigenvalue weighted by atomic mass is 10.1. The molecule has 222 valence electrons. The van der Waals surface area contributed by atoms with Crippen LogP contribution in [0.5, 0.6) is 11.5 Å². The van der Waals surface area contributed by atoms with Crippen molar-refractivity contribution in [1.82, 2.24) is 0 Å². The van der Waals surface area contributed by atoms with Gasteiger partial charge in [0.15, 0.2) is 18.1 Å². The van der Waals surface area contributed by atoms with E-state index in [9.17, 15) is 19.5 Å². The first-order chi connectivity index (χ1) is 19.8. The number of amidine groups is 1. The molecule has 0 unspecified atom stereocenters. The Bertz CT molecular complexity index is 1480. The van der Waals surface area contributed by atoms with E-state index >= 15 is 0 Å². The molecule has 42 heavy (non-hydrogen) atoms. The van der Waals surface area contributed by atoms with Gasteiger partial charge in [0.1, 0.15) is 5.84 Å². The quantitative estimate of drug-likeness (QED) is 0.112. The summed E-state index contributed by atoms with van der Waals surface area (Å²) in [4.78, 5) is 36.9. The fraction of sp³-hybridized carbons (Fsp3) is 0.241. The summed E-state index contributed by atoms with van der Waals surface area (Å²) in [6.07, 6.45) is -0.298. The number of ether oxygens (including phenoxy) is 2. The summed E-state index contributed by atoms with van der Waals surface area (Å²) in [7, 11) is 0. The lowest BCUT2D eigenvalue weighted by Crippen LogP contribution is -2.32. The van der Waals surface area contributed by atoms with Crippen molar-refractivity contribution in [2.24, 2.45) is 11.5 Å². The molecular formula is C29H33ClN6O6. The molecule has 1 atom stereocenters. The molecule has 0 bridgehead atoms. The van der Waals surface area contributed by atoms with Crippen molar-refractivity contribution in [3.8, 4) is 11.5 Å². The number of benzene rings is 3. The number of nitrogens with two attached hydrogens (primary N) is 2. The molecule has 0 heterocycles. The van der Waals surface area contributed by atoms with Gasteiger partial charge in [0.2, 0.25) is 5.91 Å². The molecule has 0 spiro atoms. The number of hydrogen-bond donors (Lipinski definition) is 7. The lowest BCUT2D eigenvalue weighted by molar-refractivity contribution is -0.139. The third-order valence-corrected chi connectivity index (χ3v) is 5.90. The normalized spacial score (nSPS) is 11.4. The van der Waals surface area contributed by atoms with Crippen LogP contribution in [0.2, 0.25) is 5.02 Å². The second-order valence-electron chi connectivity index (χ2n) is 9.58. The topological polar surface area (TPSA) is 202 Å². The van der Waals surface area contributed by atoms with E-state index < -0.39 is 30.4 Å². The average molecular weight is 597 g/mol. The molecule has 0 aliphatic heterocycles.